The van der Waals surface area contributed by atoms with Gasteiger partial charge in [-0.3, -0.25) is 4.79 Å². The minimum absolute atomic E-state index is 0.00925. The molecule has 0 aliphatic rings. The maximum Gasteiger partial charge on any atom is 0.252 e. The number of carbonyl (C=O) groups excluding carboxylic acids is 1. The predicted molar refractivity (Wildman–Crippen MR) is 85.2 cm³/mol. The molecular formula is C17H21NOS. The first-order valence-electron chi connectivity index (χ1n) is 6.98. The van der Waals surface area contributed by atoms with Gasteiger partial charge in [0.15, 0.2) is 0 Å². The molecule has 0 unspecified atom stereocenters. The summed E-state index contributed by atoms with van der Waals surface area (Å²) in [6.45, 7) is 6.46. The lowest BCUT2D eigenvalue weighted by Crippen LogP contribution is -2.26. The van der Waals surface area contributed by atoms with Gasteiger partial charge in [-0.15, -0.1) is 0 Å². The Balaban J connectivity index is 1.98. The molecule has 0 aliphatic heterocycles. The van der Waals surface area contributed by atoms with Crippen LogP contribution in [0, 0.1) is 5.92 Å². The Morgan fingerprint density at radius 3 is 2.40 bits per heavy atom. The maximum absolute atomic E-state index is 12.0. The van der Waals surface area contributed by atoms with Gasteiger partial charge in [-0.2, -0.15) is 11.3 Å². The summed E-state index contributed by atoms with van der Waals surface area (Å²) < 4.78 is 0. The predicted octanol–water partition coefficient (Wildman–Crippen LogP) is 4.44. The number of hydrogen-bond acceptors (Lipinski definition) is 2. The van der Waals surface area contributed by atoms with Crippen molar-refractivity contribution in [3.8, 4) is 0 Å². The Morgan fingerprint density at radius 2 is 1.85 bits per heavy atom. The molecular weight excluding hydrogens is 266 g/mol. The van der Waals surface area contributed by atoms with Gasteiger partial charge in [-0.1, -0.05) is 38.1 Å². The number of hydrogen-bond donors (Lipinski definition) is 1. The van der Waals surface area contributed by atoms with E-state index in [1.54, 1.807) is 0 Å². The first-order chi connectivity index (χ1) is 9.56. The van der Waals surface area contributed by atoms with Gasteiger partial charge in [0.2, 0.25) is 0 Å². The summed E-state index contributed by atoms with van der Waals surface area (Å²) in [6.07, 6.45) is 1.09. The van der Waals surface area contributed by atoms with Crippen LogP contribution in [0.2, 0.25) is 0 Å². The molecule has 0 saturated heterocycles. The van der Waals surface area contributed by atoms with E-state index in [-0.39, 0.29) is 11.9 Å². The van der Waals surface area contributed by atoms with Crippen LogP contribution in [-0.2, 0) is 6.42 Å². The third-order valence-electron chi connectivity index (χ3n) is 3.25. The molecule has 2 rings (SSSR count). The minimum atomic E-state index is -0.00925. The van der Waals surface area contributed by atoms with Crippen molar-refractivity contribution < 1.29 is 4.79 Å². The van der Waals surface area contributed by atoms with E-state index in [1.807, 2.05) is 23.8 Å². The highest BCUT2D eigenvalue weighted by Crippen LogP contribution is 2.16. The van der Waals surface area contributed by atoms with Crippen LogP contribution < -0.4 is 5.32 Å². The first kappa shape index (κ1) is 14.8. The second-order valence-electron chi connectivity index (χ2n) is 5.55. The van der Waals surface area contributed by atoms with Crippen LogP contribution >= 0.6 is 11.3 Å². The second kappa shape index (κ2) is 6.71. The first-order valence-corrected chi connectivity index (χ1v) is 7.92. The summed E-state index contributed by atoms with van der Waals surface area (Å²) in [4.78, 5) is 12.0. The zero-order valence-electron chi connectivity index (χ0n) is 12.2. The number of rotatable bonds is 5. The van der Waals surface area contributed by atoms with Gasteiger partial charge in [0, 0.05) is 5.38 Å². The van der Waals surface area contributed by atoms with E-state index in [0.29, 0.717) is 5.92 Å². The third kappa shape index (κ3) is 3.94. The van der Waals surface area contributed by atoms with Gasteiger partial charge in [0.1, 0.15) is 0 Å². The van der Waals surface area contributed by atoms with Crippen LogP contribution in [0.15, 0.2) is 41.1 Å². The topological polar surface area (TPSA) is 29.1 Å². The standard InChI is InChI=1S/C17H21NOS/c1-12(2)10-14-4-6-15(7-5-14)13(3)18-17(19)16-8-9-20-11-16/h4-9,11-13H,10H2,1-3H3,(H,18,19)/t13-/m0/s1. The Bertz CT molecular complexity index is 543. The average Bonchev–Trinajstić information content (AvgIpc) is 2.92. The summed E-state index contributed by atoms with van der Waals surface area (Å²) in [7, 11) is 0. The summed E-state index contributed by atoms with van der Waals surface area (Å²) in [5.74, 6) is 0.654. The third-order valence-corrected chi connectivity index (χ3v) is 3.94. The molecule has 1 atom stereocenters. The normalized spacial score (nSPS) is 12.4. The fraction of sp³-hybridized carbons (Fsp3) is 0.353. The van der Waals surface area contributed by atoms with E-state index >= 15 is 0 Å². The van der Waals surface area contributed by atoms with E-state index in [0.717, 1.165) is 17.5 Å². The lowest BCUT2D eigenvalue weighted by Gasteiger charge is -2.15. The molecule has 1 N–H and O–H groups in total. The highest BCUT2D eigenvalue weighted by Gasteiger charge is 2.11. The summed E-state index contributed by atoms with van der Waals surface area (Å²) in [5, 5.41) is 6.81. The van der Waals surface area contributed by atoms with Gasteiger partial charge in [0.05, 0.1) is 11.6 Å². The molecule has 0 radical (unpaired) electrons. The molecule has 3 heteroatoms. The van der Waals surface area contributed by atoms with Crippen molar-refractivity contribution in [3.05, 3.63) is 57.8 Å². The Kier molecular flexibility index (Phi) is 4.96. The lowest BCUT2D eigenvalue weighted by atomic mass is 10.00. The molecule has 0 bridgehead atoms. The van der Waals surface area contributed by atoms with Gasteiger partial charge >= 0.3 is 0 Å². The number of nitrogens with one attached hydrogen (secondary N) is 1. The van der Waals surface area contributed by atoms with E-state index in [2.05, 4.69) is 43.4 Å². The van der Waals surface area contributed by atoms with E-state index in [9.17, 15) is 4.79 Å². The molecule has 0 spiro atoms. The van der Waals surface area contributed by atoms with Crippen molar-refractivity contribution in [2.75, 3.05) is 0 Å². The van der Waals surface area contributed by atoms with Gasteiger partial charge < -0.3 is 5.32 Å². The molecule has 2 nitrogen and oxygen atoms in total. The summed E-state index contributed by atoms with van der Waals surface area (Å²) >= 11 is 1.54. The molecule has 20 heavy (non-hydrogen) atoms. The molecule has 2 aromatic rings. The van der Waals surface area contributed by atoms with Crippen molar-refractivity contribution in [1.82, 2.24) is 5.32 Å². The number of amides is 1. The van der Waals surface area contributed by atoms with Crippen molar-refractivity contribution in [2.45, 2.75) is 33.2 Å². The highest BCUT2D eigenvalue weighted by molar-refractivity contribution is 7.08. The van der Waals surface area contributed by atoms with Crippen LogP contribution in [0.4, 0.5) is 0 Å². The van der Waals surface area contributed by atoms with Gasteiger partial charge in [0.25, 0.3) is 5.91 Å². The van der Waals surface area contributed by atoms with Crippen LogP contribution in [0.1, 0.15) is 48.3 Å². The van der Waals surface area contributed by atoms with E-state index in [4.69, 9.17) is 0 Å². The quantitative estimate of drug-likeness (QED) is 0.865. The average molecular weight is 287 g/mol. The van der Waals surface area contributed by atoms with Crippen LogP contribution in [0.25, 0.3) is 0 Å². The Morgan fingerprint density at radius 1 is 1.15 bits per heavy atom. The van der Waals surface area contributed by atoms with Gasteiger partial charge in [-0.25, -0.2) is 0 Å². The molecule has 1 amide bonds. The van der Waals surface area contributed by atoms with E-state index < -0.39 is 0 Å². The van der Waals surface area contributed by atoms with Crippen LogP contribution in [-0.4, -0.2) is 5.91 Å². The van der Waals surface area contributed by atoms with Crippen LogP contribution in [0.3, 0.4) is 0 Å². The molecule has 0 saturated carbocycles. The van der Waals surface area contributed by atoms with Crippen molar-refractivity contribution in [1.29, 1.82) is 0 Å². The lowest BCUT2D eigenvalue weighted by molar-refractivity contribution is 0.0940. The van der Waals surface area contributed by atoms with Crippen LogP contribution in [0.5, 0.6) is 0 Å². The maximum atomic E-state index is 12.0. The monoisotopic (exact) mass is 287 g/mol. The molecule has 1 aromatic heterocycles. The summed E-state index contributed by atoms with van der Waals surface area (Å²) in [5.41, 5.74) is 3.22. The molecule has 1 heterocycles. The van der Waals surface area contributed by atoms with Crippen molar-refractivity contribution >= 4 is 17.2 Å². The molecule has 106 valence electrons. The smallest absolute Gasteiger partial charge is 0.252 e. The summed E-state index contributed by atoms with van der Waals surface area (Å²) in [6, 6.07) is 10.4. The Hall–Kier alpha value is -1.61. The zero-order valence-corrected chi connectivity index (χ0v) is 13.0. The zero-order chi connectivity index (χ0) is 14.5. The SMILES string of the molecule is CC(C)Cc1ccc([C@H](C)NC(=O)c2ccsc2)cc1. The Labute approximate surface area is 124 Å². The van der Waals surface area contributed by atoms with E-state index in [1.165, 1.54) is 16.9 Å². The van der Waals surface area contributed by atoms with Crippen molar-refractivity contribution in [3.63, 3.8) is 0 Å². The number of benzene rings is 1. The second-order valence-corrected chi connectivity index (χ2v) is 6.33. The van der Waals surface area contributed by atoms with Crippen molar-refractivity contribution in [2.24, 2.45) is 5.92 Å². The molecule has 1 aromatic carbocycles. The fourth-order valence-corrected chi connectivity index (χ4v) is 2.81. The number of thiophene rings is 1. The molecule has 0 fully saturated rings. The minimum Gasteiger partial charge on any atom is -0.345 e. The molecule has 0 aliphatic carbocycles. The number of carbonyl (C=O) groups is 1. The largest absolute Gasteiger partial charge is 0.345 e. The highest BCUT2D eigenvalue weighted by atomic mass is 32.1. The fourth-order valence-electron chi connectivity index (χ4n) is 2.17. The van der Waals surface area contributed by atoms with Gasteiger partial charge in [-0.05, 0) is 41.8 Å².